The summed E-state index contributed by atoms with van der Waals surface area (Å²) in [4.78, 5) is 26.1. The molecule has 5 nitrogen and oxygen atoms in total. The van der Waals surface area contributed by atoms with Gasteiger partial charge < -0.3 is 9.64 Å². The Hall–Kier alpha value is -2.66. The Kier molecular flexibility index (Phi) is 6.70. The average molecular weight is 395 g/mol. The van der Waals surface area contributed by atoms with Gasteiger partial charge in [0.05, 0.1) is 0 Å². The zero-order valence-electron chi connectivity index (χ0n) is 17.5. The Morgan fingerprint density at radius 2 is 1.90 bits per heavy atom. The molecular formula is C24H30N2O3. The first-order valence-electron chi connectivity index (χ1n) is 10.3. The minimum absolute atomic E-state index is 0.00930. The van der Waals surface area contributed by atoms with Crippen LogP contribution in [0.15, 0.2) is 48.5 Å². The largest absolute Gasteiger partial charge is 0.417 e. The summed E-state index contributed by atoms with van der Waals surface area (Å²) >= 11 is 0. The van der Waals surface area contributed by atoms with Crippen molar-refractivity contribution in [3.63, 3.8) is 0 Å². The number of likely N-dealkylation sites (tertiary alicyclic amines) is 1. The molecule has 1 atom stereocenters. The molecule has 2 aromatic carbocycles. The van der Waals surface area contributed by atoms with E-state index >= 15 is 0 Å². The number of carbonyl (C=O) groups excluding carboxylic acids is 2. The van der Waals surface area contributed by atoms with E-state index < -0.39 is 6.09 Å². The molecular weight excluding hydrogens is 364 g/mol. The molecule has 0 aliphatic carbocycles. The number of likely N-dealkylation sites (N-methyl/N-ethyl adjacent to an activating group) is 1. The van der Waals surface area contributed by atoms with E-state index in [9.17, 15) is 9.59 Å². The third kappa shape index (κ3) is 5.24. The number of benzene rings is 2. The zero-order valence-corrected chi connectivity index (χ0v) is 17.5. The number of carbonyl (C=O) groups is 2. The maximum Gasteiger partial charge on any atom is 0.417 e. The molecule has 1 saturated heterocycles. The van der Waals surface area contributed by atoms with Crippen LogP contribution < -0.4 is 10.1 Å². The highest BCUT2D eigenvalue weighted by Crippen LogP contribution is 2.37. The van der Waals surface area contributed by atoms with E-state index in [1.807, 2.05) is 18.2 Å². The van der Waals surface area contributed by atoms with Crippen molar-refractivity contribution in [2.75, 3.05) is 25.5 Å². The molecule has 1 aliphatic heterocycles. The highest BCUT2D eigenvalue weighted by molar-refractivity contribution is 5.95. The highest BCUT2D eigenvalue weighted by atomic mass is 16.6. The Balaban J connectivity index is 1.71. The molecule has 1 N–H and O–H groups in total. The highest BCUT2D eigenvalue weighted by Gasteiger charge is 2.33. The van der Waals surface area contributed by atoms with Crippen LogP contribution in [0.4, 0.5) is 10.5 Å². The Bertz CT molecular complexity index is 863. The summed E-state index contributed by atoms with van der Waals surface area (Å²) in [7, 11) is 2.18. The number of nitrogens with zero attached hydrogens (tertiary/aromatic N) is 1. The van der Waals surface area contributed by atoms with Gasteiger partial charge in [0.2, 0.25) is 0 Å². The molecule has 2 aromatic rings. The summed E-state index contributed by atoms with van der Waals surface area (Å²) in [5.41, 5.74) is 2.51. The molecule has 5 heteroatoms. The number of hydrogen-bond acceptors (Lipinski definition) is 4. The van der Waals surface area contributed by atoms with Crippen molar-refractivity contribution in [1.82, 2.24) is 4.90 Å². The van der Waals surface area contributed by atoms with Gasteiger partial charge in [0, 0.05) is 23.2 Å². The van der Waals surface area contributed by atoms with Crippen LogP contribution in [-0.4, -0.2) is 36.9 Å². The molecule has 0 bridgehead atoms. The molecule has 3 rings (SSSR count). The second kappa shape index (κ2) is 9.23. The standard InChI is InChI=1S/C24H30N2O3/c1-4-24(14-5-6-15-26(3)17-24)20-8-7-9-22(16-20)29-23(28)25-21-12-10-19(11-13-21)18(2)27/h7-13,16H,4-6,14-15,17H2,1-3H3,(H,25,28)/t24-/m1/s1. The van der Waals surface area contributed by atoms with E-state index in [4.69, 9.17) is 4.74 Å². The fourth-order valence-electron chi connectivity index (χ4n) is 4.18. The van der Waals surface area contributed by atoms with Crippen LogP contribution in [-0.2, 0) is 5.41 Å². The maximum atomic E-state index is 12.3. The Labute approximate surface area is 173 Å². The van der Waals surface area contributed by atoms with Gasteiger partial charge in [-0.2, -0.15) is 0 Å². The van der Waals surface area contributed by atoms with E-state index in [1.165, 1.54) is 25.3 Å². The second-order valence-corrected chi connectivity index (χ2v) is 8.00. The predicted octanol–water partition coefficient (Wildman–Crippen LogP) is 5.26. The van der Waals surface area contributed by atoms with Crippen molar-refractivity contribution in [3.05, 3.63) is 59.7 Å². The second-order valence-electron chi connectivity index (χ2n) is 8.00. The van der Waals surface area contributed by atoms with Gasteiger partial charge in [-0.05, 0) is 81.7 Å². The average Bonchev–Trinajstić information content (AvgIpc) is 2.90. The summed E-state index contributed by atoms with van der Waals surface area (Å²) in [5.74, 6) is 0.532. The quantitative estimate of drug-likeness (QED) is 0.703. The lowest BCUT2D eigenvalue weighted by Crippen LogP contribution is -2.37. The van der Waals surface area contributed by atoms with E-state index in [-0.39, 0.29) is 11.2 Å². The summed E-state index contributed by atoms with van der Waals surface area (Å²) in [5, 5.41) is 2.72. The van der Waals surface area contributed by atoms with Crippen molar-refractivity contribution >= 4 is 17.6 Å². The molecule has 0 aromatic heterocycles. The molecule has 154 valence electrons. The number of ether oxygens (including phenoxy) is 1. The monoisotopic (exact) mass is 394 g/mol. The number of hydrogen-bond donors (Lipinski definition) is 1. The third-order valence-corrected chi connectivity index (χ3v) is 5.89. The van der Waals surface area contributed by atoms with Crippen LogP contribution in [0.25, 0.3) is 0 Å². The van der Waals surface area contributed by atoms with Gasteiger partial charge in [0.25, 0.3) is 0 Å². The lowest BCUT2D eigenvalue weighted by atomic mass is 9.74. The lowest BCUT2D eigenvalue weighted by Gasteiger charge is -2.35. The summed E-state index contributed by atoms with van der Waals surface area (Å²) in [6.07, 6.45) is 4.09. The van der Waals surface area contributed by atoms with Gasteiger partial charge in [-0.1, -0.05) is 25.5 Å². The van der Waals surface area contributed by atoms with Crippen molar-refractivity contribution in [2.45, 2.75) is 44.9 Å². The van der Waals surface area contributed by atoms with Crippen molar-refractivity contribution < 1.29 is 14.3 Å². The number of amides is 1. The van der Waals surface area contributed by atoms with Crippen molar-refractivity contribution in [2.24, 2.45) is 0 Å². The minimum atomic E-state index is -0.541. The number of anilines is 1. The van der Waals surface area contributed by atoms with Crippen LogP contribution in [0.5, 0.6) is 5.75 Å². The van der Waals surface area contributed by atoms with Crippen molar-refractivity contribution in [3.8, 4) is 5.75 Å². The number of rotatable bonds is 5. The van der Waals surface area contributed by atoms with Gasteiger partial charge in [-0.15, -0.1) is 0 Å². The SMILES string of the molecule is CC[C@@]1(c2cccc(OC(=O)Nc3ccc(C(C)=O)cc3)c2)CCCCN(C)C1. The van der Waals surface area contributed by atoms with Crippen LogP contribution in [0.1, 0.15) is 55.5 Å². The molecule has 1 amide bonds. The lowest BCUT2D eigenvalue weighted by molar-refractivity contribution is 0.101. The van der Waals surface area contributed by atoms with Crippen LogP contribution >= 0.6 is 0 Å². The van der Waals surface area contributed by atoms with Gasteiger partial charge in [-0.3, -0.25) is 10.1 Å². The molecule has 0 saturated carbocycles. The number of nitrogens with one attached hydrogen (secondary N) is 1. The smallest absolute Gasteiger partial charge is 0.410 e. The van der Waals surface area contributed by atoms with E-state index in [0.717, 1.165) is 25.9 Å². The first kappa shape index (κ1) is 21.1. The third-order valence-electron chi connectivity index (χ3n) is 5.89. The topological polar surface area (TPSA) is 58.6 Å². The Morgan fingerprint density at radius 1 is 1.14 bits per heavy atom. The van der Waals surface area contributed by atoms with E-state index in [0.29, 0.717) is 17.0 Å². The zero-order chi connectivity index (χ0) is 20.9. The maximum absolute atomic E-state index is 12.3. The van der Waals surface area contributed by atoms with Gasteiger partial charge >= 0.3 is 6.09 Å². The molecule has 0 radical (unpaired) electrons. The van der Waals surface area contributed by atoms with Gasteiger partial charge in [-0.25, -0.2) is 4.79 Å². The van der Waals surface area contributed by atoms with Crippen LogP contribution in [0, 0.1) is 0 Å². The number of ketones is 1. The van der Waals surface area contributed by atoms with Gasteiger partial charge in [0.1, 0.15) is 5.75 Å². The first-order valence-corrected chi connectivity index (χ1v) is 10.3. The summed E-state index contributed by atoms with van der Waals surface area (Å²) in [6, 6.07) is 14.7. The Morgan fingerprint density at radius 3 is 2.59 bits per heavy atom. The number of Topliss-reactive ketones (excluding diaryl/α,β-unsaturated/α-hetero) is 1. The predicted molar refractivity (Wildman–Crippen MR) is 116 cm³/mol. The molecule has 1 heterocycles. The fourth-order valence-corrected chi connectivity index (χ4v) is 4.18. The summed E-state index contributed by atoms with van der Waals surface area (Å²) in [6.45, 7) is 5.90. The summed E-state index contributed by atoms with van der Waals surface area (Å²) < 4.78 is 5.54. The fraction of sp³-hybridized carbons (Fsp3) is 0.417. The van der Waals surface area contributed by atoms with Gasteiger partial charge in [0.15, 0.2) is 5.78 Å². The normalized spacial score (nSPS) is 20.0. The molecule has 29 heavy (non-hydrogen) atoms. The van der Waals surface area contributed by atoms with Crippen LogP contribution in [0.2, 0.25) is 0 Å². The molecule has 1 fully saturated rings. The van der Waals surface area contributed by atoms with Crippen LogP contribution in [0.3, 0.4) is 0 Å². The molecule has 0 unspecified atom stereocenters. The first-order chi connectivity index (χ1) is 13.9. The molecule has 1 aliphatic rings. The minimum Gasteiger partial charge on any atom is -0.410 e. The van der Waals surface area contributed by atoms with E-state index in [2.05, 4.69) is 30.3 Å². The van der Waals surface area contributed by atoms with E-state index in [1.54, 1.807) is 24.3 Å². The van der Waals surface area contributed by atoms with Crippen molar-refractivity contribution in [1.29, 1.82) is 0 Å². The molecule has 0 spiro atoms.